The highest BCUT2D eigenvalue weighted by atomic mass is 32.2. The van der Waals surface area contributed by atoms with E-state index in [0.717, 1.165) is 10.7 Å². The Morgan fingerprint density at radius 3 is 2.35 bits per heavy atom. The van der Waals surface area contributed by atoms with Crippen LogP contribution < -0.4 is 4.74 Å². The van der Waals surface area contributed by atoms with Gasteiger partial charge in [0.25, 0.3) is 0 Å². The van der Waals surface area contributed by atoms with Gasteiger partial charge in [0.1, 0.15) is 11.8 Å². The highest BCUT2D eigenvalue weighted by Gasteiger charge is 2.29. The summed E-state index contributed by atoms with van der Waals surface area (Å²) in [6.07, 6.45) is 0.860. The van der Waals surface area contributed by atoms with Crippen LogP contribution in [0.1, 0.15) is 20.3 Å². The third-order valence-corrected chi connectivity index (χ3v) is 4.82. The number of likely N-dealkylation sites (N-methyl/N-ethyl adjacent to an activating group) is 1. The number of sulfonamides is 1. The van der Waals surface area contributed by atoms with Gasteiger partial charge in [-0.05, 0) is 37.6 Å². The van der Waals surface area contributed by atoms with Crippen LogP contribution in [0.4, 0.5) is 0 Å². The van der Waals surface area contributed by atoms with Gasteiger partial charge >= 0.3 is 5.97 Å². The van der Waals surface area contributed by atoms with E-state index in [0.29, 0.717) is 12.4 Å². The molecule has 0 bridgehead atoms. The normalized spacial score (nSPS) is 13.2. The summed E-state index contributed by atoms with van der Waals surface area (Å²) in [5.74, 6) is -0.612. The molecule has 0 aromatic heterocycles. The molecule has 1 unspecified atom stereocenters. The monoisotopic (exact) mass is 301 g/mol. The molecule has 112 valence electrons. The lowest BCUT2D eigenvalue weighted by Crippen LogP contribution is -2.40. The molecule has 20 heavy (non-hydrogen) atoms. The van der Waals surface area contributed by atoms with Crippen molar-refractivity contribution in [2.45, 2.75) is 31.2 Å². The smallest absolute Gasteiger partial charge is 0.321 e. The van der Waals surface area contributed by atoms with Crippen molar-refractivity contribution in [3.8, 4) is 5.75 Å². The number of aliphatic carboxylic acids is 1. The molecule has 0 radical (unpaired) electrons. The Balaban J connectivity index is 2.95. The first kappa shape index (κ1) is 16.5. The summed E-state index contributed by atoms with van der Waals surface area (Å²) in [5, 5.41) is 8.88. The number of ether oxygens (including phenoxy) is 1. The van der Waals surface area contributed by atoms with E-state index in [2.05, 4.69) is 0 Å². The Morgan fingerprint density at radius 2 is 1.90 bits per heavy atom. The zero-order valence-electron chi connectivity index (χ0n) is 11.7. The summed E-state index contributed by atoms with van der Waals surface area (Å²) in [6, 6.07) is 4.80. The second-order valence-electron chi connectivity index (χ2n) is 4.36. The van der Waals surface area contributed by atoms with Gasteiger partial charge in [-0.15, -0.1) is 0 Å². The molecule has 1 aromatic carbocycles. The summed E-state index contributed by atoms with van der Waals surface area (Å²) in [7, 11) is -2.58. The molecule has 0 spiro atoms. The van der Waals surface area contributed by atoms with Crippen LogP contribution in [-0.2, 0) is 14.8 Å². The van der Waals surface area contributed by atoms with Gasteiger partial charge in [0.15, 0.2) is 0 Å². The van der Waals surface area contributed by atoms with Gasteiger partial charge in [-0.1, -0.05) is 6.92 Å². The van der Waals surface area contributed by atoms with E-state index in [1.54, 1.807) is 12.1 Å². The van der Waals surface area contributed by atoms with Gasteiger partial charge in [0.05, 0.1) is 11.5 Å². The van der Waals surface area contributed by atoms with Crippen LogP contribution >= 0.6 is 0 Å². The van der Waals surface area contributed by atoms with Crippen LogP contribution in [0.3, 0.4) is 0 Å². The molecule has 0 aliphatic carbocycles. The quantitative estimate of drug-likeness (QED) is 0.826. The Kier molecular flexibility index (Phi) is 5.52. The molecule has 1 N–H and O–H groups in total. The molecular formula is C13H19NO5S. The molecule has 6 nitrogen and oxygen atoms in total. The molecule has 0 saturated carbocycles. The second-order valence-corrected chi connectivity index (χ2v) is 6.35. The Hall–Kier alpha value is -1.60. The topological polar surface area (TPSA) is 83.9 Å². The maximum atomic E-state index is 12.2. The number of hydrogen-bond acceptors (Lipinski definition) is 4. The SMILES string of the molecule is CCCOc1ccc(S(=O)(=O)N(C)C(C)C(=O)O)cc1. The number of rotatable bonds is 7. The fraction of sp³-hybridized carbons (Fsp3) is 0.462. The summed E-state index contributed by atoms with van der Waals surface area (Å²) in [5.41, 5.74) is 0. The fourth-order valence-electron chi connectivity index (χ4n) is 1.46. The van der Waals surface area contributed by atoms with Crippen LogP contribution in [0.15, 0.2) is 29.2 Å². The highest BCUT2D eigenvalue weighted by Crippen LogP contribution is 2.20. The van der Waals surface area contributed by atoms with Gasteiger partial charge in [-0.25, -0.2) is 8.42 Å². The van der Waals surface area contributed by atoms with Crippen molar-refractivity contribution in [1.29, 1.82) is 0 Å². The van der Waals surface area contributed by atoms with Crippen molar-refractivity contribution in [2.75, 3.05) is 13.7 Å². The minimum atomic E-state index is -3.82. The van der Waals surface area contributed by atoms with Crippen LogP contribution in [0.2, 0.25) is 0 Å². The molecule has 0 aliphatic rings. The predicted molar refractivity (Wildman–Crippen MR) is 74.3 cm³/mol. The van der Waals surface area contributed by atoms with Crippen molar-refractivity contribution in [3.63, 3.8) is 0 Å². The first-order chi connectivity index (χ1) is 9.30. The average Bonchev–Trinajstić information content (AvgIpc) is 2.43. The van der Waals surface area contributed by atoms with E-state index in [1.165, 1.54) is 26.1 Å². The highest BCUT2D eigenvalue weighted by molar-refractivity contribution is 7.89. The Bertz CT molecular complexity index is 553. The fourth-order valence-corrected chi connectivity index (χ4v) is 2.78. The molecule has 0 saturated heterocycles. The maximum absolute atomic E-state index is 12.2. The molecule has 0 fully saturated rings. The summed E-state index contributed by atoms with van der Waals surface area (Å²) >= 11 is 0. The zero-order valence-corrected chi connectivity index (χ0v) is 12.6. The molecule has 0 amide bonds. The Morgan fingerprint density at radius 1 is 1.35 bits per heavy atom. The van der Waals surface area contributed by atoms with Crippen LogP contribution in [0.5, 0.6) is 5.75 Å². The lowest BCUT2D eigenvalue weighted by atomic mass is 10.3. The van der Waals surface area contributed by atoms with E-state index in [1.807, 2.05) is 6.92 Å². The standard InChI is InChI=1S/C13H19NO5S/c1-4-9-19-11-5-7-12(8-6-11)20(17,18)14(3)10(2)13(15)16/h5-8,10H,4,9H2,1-3H3,(H,15,16). The van der Waals surface area contributed by atoms with Crippen LogP contribution in [-0.4, -0.2) is 43.5 Å². The number of nitrogens with zero attached hydrogens (tertiary/aromatic N) is 1. The second kappa shape index (κ2) is 6.71. The van der Waals surface area contributed by atoms with Gasteiger partial charge in [0, 0.05) is 7.05 Å². The first-order valence-electron chi connectivity index (χ1n) is 6.24. The van der Waals surface area contributed by atoms with Crippen molar-refractivity contribution >= 4 is 16.0 Å². The molecule has 0 heterocycles. The van der Waals surface area contributed by atoms with E-state index in [-0.39, 0.29) is 4.90 Å². The number of hydrogen-bond donors (Lipinski definition) is 1. The number of carbonyl (C=O) groups is 1. The summed E-state index contributed by atoms with van der Waals surface area (Å²) in [4.78, 5) is 10.9. The van der Waals surface area contributed by atoms with Crippen LogP contribution in [0, 0.1) is 0 Å². The van der Waals surface area contributed by atoms with Crippen molar-refractivity contribution in [3.05, 3.63) is 24.3 Å². The summed E-state index contributed by atoms with van der Waals surface area (Å²) < 4.78 is 30.6. The van der Waals surface area contributed by atoms with Crippen molar-refractivity contribution < 1.29 is 23.1 Å². The van der Waals surface area contributed by atoms with Gasteiger partial charge in [-0.2, -0.15) is 4.31 Å². The molecule has 1 rings (SSSR count). The average molecular weight is 301 g/mol. The Labute approximate surface area is 119 Å². The third-order valence-electron chi connectivity index (χ3n) is 2.88. The summed E-state index contributed by atoms with van der Waals surface area (Å²) in [6.45, 7) is 3.85. The largest absolute Gasteiger partial charge is 0.494 e. The molecule has 1 atom stereocenters. The van der Waals surface area contributed by atoms with E-state index >= 15 is 0 Å². The molecule has 1 aromatic rings. The third kappa shape index (κ3) is 3.71. The molecule has 0 aliphatic heterocycles. The van der Waals surface area contributed by atoms with E-state index in [4.69, 9.17) is 9.84 Å². The number of carboxylic acids is 1. The van der Waals surface area contributed by atoms with Gasteiger partial charge in [-0.3, -0.25) is 4.79 Å². The number of carboxylic acid groups (broad SMARTS) is 1. The zero-order chi connectivity index (χ0) is 15.3. The van der Waals surface area contributed by atoms with Gasteiger partial charge < -0.3 is 9.84 Å². The minimum absolute atomic E-state index is 0.0388. The first-order valence-corrected chi connectivity index (χ1v) is 7.68. The number of benzene rings is 1. The molecular weight excluding hydrogens is 282 g/mol. The minimum Gasteiger partial charge on any atom is -0.494 e. The van der Waals surface area contributed by atoms with Crippen molar-refractivity contribution in [1.82, 2.24) is 4.31 Å². The predicted octanol–water partition coefficient (Wildman–Crippen LogP) is 1.57. The maximum Gasteiger partial charge on any atom is 0.321 e. The lowest BCUT2D eigenvalue weighted by molar-refractivity contribution is -0.140. The van der Waals surface area contributed by atoms with Crippen molar-refractivity contribution in [2.24, 2.45) is 0 Å². The molecule has 7 heteroatoms. The van der Waals surface area contributed by atoms with E-state index in [9.17, 15) is 13.2 Å². The lowest BCUT2D eigenvalue weighted by Gasteiger charge is -2.21. The van der Waals surface area contributed by atoms with Crippen LogP contribution in [0.25, 0.3) is 0 Å². The van der Waals surface area contributed by atoms with Gasteiger partial charge in [0.2, 0.25) is 10.0 Å². The van der Waals surface area contributed by atoms with E-state index < -0.39 is 22.0 Å².